The van der Waals surface area contributed by atoms with Crippen LogP contribution >= 0.6 is 0 Å². The lowest BCUT2D eigenvalue weighted by Gasteiger charge is -2.13. The third-order valence-corrected chi connectivity index (χ3v) is 2.96. The molecule has 0 amide bonds. The first-order chi connectivity index (χ1) is 8.81. The second-order valence-electron chi connectivity index (χ2n) is 4.39. The van der Waals surface area contributed by atoms with E-state index in [-0.39, 0.29) is 6.04 Å². The summed E-state index contributed by atoms with van der Waals surface area (Å²) in [6.07, 6.45) is 6.84. The van der Waals surface area contributed by atoms with Crippen molar-refractivity contribution < 1.29 is 0 Å². The van der Waals surface area contributed by atoms with Gasteiger partial charge in [0, 0.05) is 31.2 Å². The van der Waals surface area contributed by atoms with Crippen LogP contribution in [0.5, 0.6) is 0 Å². The zero-order valence-electron chi connectivity index (χ0n) is 11.0. The Labute approximate surface area is 108 Å². The molecule has 2 heterocycles. The van der Waals surface area contributed by atoms with Gasteiger partial charge in [0.25, 0.3) is 0 Å². The van der Waals surface area contributed by atoms with Crippen LogP contribution in [0.25, 0.3) is 0 Å². The first-order valence-corrected chi connectivity index (χ1v) is 6.45. The molecule has 1 N–H and O–H groups in total. The Kier molecular flexibility index (Phi) is 4.47. The van der Waals surface area contributed by atoms with Crippen molar-refractivity contribution in [2.75, 3.05) is 0 Å². The van der Waals surface area contributed by atoms with Crippen LogP contribution in [0.3, 0.4) is 0 Å². The lowest BCUT2D eigenvalue weighted by molar-refractivity contribution is 0.524. The summed E-state index contributed by atoms with van der Waals surface area (Å²) in [7, 11) is 0. The van der Waals surface area contributed by atoms with E-state index in [9.17, 15) is 0 Å². The summed E-state index contributed by atoms with van der Waals surface area (Å²) in [4.78, 5) is 8.73. The molecule has 0 radical (unpaired) electrons. The maximum atomic E-state index is 4.38. The van der Waals surface area contributed by atoms with Gasteiger partial charge in [0.1, 0.15) is 5.82 Å². The predicted octanol–water partition coefficient (Wildman–Crippen LogP) is 2.54. The number of hydrogen-bond acceptors (Lipinski definition) is 3. The van der Waals surface area contributed by atoms with E-state index in [0.29, 0.717) is 0 Å². The Hall–Kier alpha value is -1.68. The summed E-state index contributed by atoms with van der Waals surface area (Å²) in [6.45, 7) is 6.09. The van der Waals surface area contributed by atoms with Crippen LogP contribution in [-0.4, -0.2) is 14.5 Å². The second kappa shape index (κ2) is 6.31. The Morgan fingerprint density at radius 1 is 1.28 bits per heavy atom. The van der Waals surface area contributed by atoms with Gasteiger partial charge < -0.3 is 9.88 Å². The zero-order chi connectivity index (χ0) is 12.8. The van der Waals surface area contributed by atoms with Crippen molar-refractivity contribution in [2.24, 2.45) is 0 Å². The minimum Gasteiger partial charge on any atom is -0.334 e. The molecule has 0 aromatic carbocycles. The first-order valence-electron chi connectivity index (χ1n) is 6.45. The van der Waals surface area contributed by atoms with Crippen LogP contribution in [0, 0.1) is 0 Å². The van der Waals surface area contributed by atoms with E-state index in [1.54, 1.807) is 0 Å². The molecule has 4 nitrogen and oxygen atoms in total. The average molecular weight is 244 g/mol. The van der Waals surface area contributed by atoms with E-state index >= 15 is 0 Å². The molecule has 0 fully saturated rings. The Bertz CT molecular complexity index is 464. The molecule has 2 aromatic rings. The van der Waals surface area contributed by atoms with Crippen molar-refractivity contribution in [1.82, 2.24) is 19.9 Å². The summed E-state index contributed by atoms with van der Waals surface area (Å²) >= 11 is 0. The average Bonchev–Trinajstić information content (AvgIpc) is 2.85. The molecule has 0 saturated heterocycles. The largest absolute Gasteiger partial charge is 0.334 e. The normalized spacial score (nSPS) is 12.6. The Morgan fingerprint density at radius 3 is 2.89 bits per heavy atom. The number of pyridine rings is 1. The van der Waals surface area contributed by atoms with E-state index < -0.39 is 0 Å². The third-order valence-electron chi connectivity index (χ3n) is 2.96. The standard InChI is InChI=1S/C14H20N4/c1-3-9-18-10-8-16-14(18)11-17-12(2)13-6-4-5-7-15-13/h4-8,10,12,17H,3,9,11H2,1-2H3. The number of aryl methyl sites for hydroxylation is 1. The molecule has 1 unspecified atom stereocenters. The summed E-state index contributed by atoms with van der Waals surface area (Å²) < 4.78 is 2.19. The zero-order valence-corrected chi connectivity index (χ0v) is 11.0. The van der Waals surface area contributed by atoms with Gasteiger partial charge in [-0.3, -0.25) is 4.98 Å². The van der Waals surface area contributed by atoms with Gasteiger partial charge in [-0.1, -0.05) is 13.0 Å². The smallest absolute Gasteiger partial charge is 0.122 e. The number of nitrogens with one attached hydrogen (secondary N) is 1. The van der Waals surface area contributed by atoms with E-state index in [1.807, 2.05) is 36.8 Å². The van der Waals surface area contributed by atoms with Gasteiger partial charge in [0.15, 0.2) is 0 Å². The van der Waals surface area contributed by atoms with E-state index in [0.717, 1.165) is 31.0 Å². The van der Waals surface area contributed by atoms with Crippen molar-refractivity contribution in [2.45, 2.75) is 39.4 Å². The predicted molar refractivity (Wildman–Crippen MR) is 72.0 cm³/mol. The lowest BCUT2D eigenvalue weighted by Crippen LogP contribution is -2.21. The Morgan fingerprint density at radius 2 is 2.17 bits per heavy atom. The molecule has 0 spiro atoms. The molecule has 2 aromatic heterocycles. The molecule has 0 bridgehead atoms. The number of rotatable bonds is 6. The summed E-state index contributed by atoms with van der Waals surface area (Å²) in [5, 5.41) is 3.45. The molecule has 96 valence electrons. The lowest BCUT2D eigenvalue weighted by atomic mass is 10.2. The number of aromatic nitrogens is 3. The number of hydrogen-bond donors (Lipinski definition) is 1. The van der Waals surface area contributed by atoms with Crippen molar-refractivity contribution >= 4 is 0 Å². The molecule has 0 saturated carbocycles. The van der Waals surface area contributed by atoms with Gasteiger partial charge in [-0.25, -0.2) is 4.98 Å². The molecule has 0 aliphatic carbocycles. The van der Waals surface area contributed by atoms with Crippen molar-refractivity contribution in [3.05, 3.63) is 48.3 Å². The fourth-order valence-corrected chi connectivity index (χ4v) is 1.93. The maximum Gasteiger partial charge on any atom is 0.122 e. The van der Waals surface area contributed by atoms with E-state index in [4.69, 9.17) is 0 Å². The van der Waals surface area contributed by atoms with Crippen molar-refractivity contribution in [1.29, 1.82) is 0 Å². The van der Waals surface area contributed by atoms with Crippen LogP contribution in [0.2, 0.25) is 0 Å². The van der Waals surface area contributed by atoms with Gasteiger partial charge in [0.2, 0.25) is 0 Å². The van der Waals surface area contributed by atoms with Crippen LogP contribution in [-0.2, 0) is 13.1 Å². The van der Waals surface area contributed by atoms with Crippen molar-refractivity contribution in [3.63, 3.8) is 0 Å². The number of imidazole rings is 1. The van der Waals surface area contributed by atoms with Gasteiger partial charge in [-0.2, -0.15) is 0 Å². The highest BCUT2D eigenvalue weighted by Gasteiger charge is 2.07. The van der Waals surface area contributed by atoms with Crippen LogP contribution < -0.4 is 5.32 Å². The quantitative estimate of drug-likeness (QED) is 0.849. The van der Waals surface area contributed by atoms with Crippen LogP contribution in [0.1, 0.15) is 37.8 Å². The van der Waals surface area contributed by atoms with Gasteiger partial charge in [-0.05, 0) is 25.5 Å². The van der Waals surface area contributed by atoms with Crippen LogP contribution in [0.4, 0.5) is 0 Å². The highest BCUT2D eigenvalue weighted by Crippen LogP contribution is 2.09. The van der Waals surface area contributed by atoms with Gasteiger partial charge in [-0.15, -0.1) is 0 Å². The summed E-state index contributed by atoms with van der Waals surface area (Å²) in [5.74, 6) is 1.08. The topological polar surface area (TPSA) is 42.7 Å². The molecule has 1 atom stereocenters. The van der Waals surface area contributed by atoms with E-state index in [2.05, 4.69) is 33.7 Å². The molecular weight excluding hydrogens is 224 g/mol. The molecular formula is C14H20N4. The summed E-state index contributed by atoms with van der Waals surface area (Å²) in [5.41, 5.74) is 1.06. The van der Waals surface area contributed by atoms with E-state index in [1.165, 1.54) is 0 Å². The summed E-state index contributed by atoms with van der Waals surface area (Å²) in [6, 6.07) is 6.22. The first kappa shape index (κ1) is 12.8. The second-order valence-corrected chi connectivity index (χ2v) is 4.39. The highest BCUT2D eigenvalue weighted by atomic mass is 15.1. The molecule has 18 heavy (non-hydrogen) atoms. The molecule has 0 aliphatic rings. The fourth-order valence-electron chi connectivity index (χ4n) is 1.93. The molecule has 2 rings (SSSR count). The third kappa shape index (κ3) is 3.17. The maximum absolute atomic E-state index is 4.38. The fraction of sp³-hybridized carbons (Fsp3) is 0.429. The van der Waals surface area contributed by atoms with Crippen LogP contribution in [0.15, 0.2) is 36.8 Å². The number of nitrogens with zero attached hydrogens (tertiary/aromatic N) is 3. The molecule has 0 aliphatic heterocycles. The van der Waals surface area contributed by atoms with Gasteiger partial charge in [0.05, 0.1) is 12.2 Å². The van der Waals surface area contributed by atoms with Gasteiger partial charge >= 0.3 is 0 Å². The monoisotopic (exact) mass is 244 g/mol. The highest BCUT2D eigenvalue weighted by molar-refractivity contribution is 5.07. The van der Waals surface area contributed by atoms with Crippen molar-refractivity contribution in [3.8, 4) is 0 Å². The Balaban J connectivity index is 1.93. The SMILES string of the molecule is CCCn1ccnc1CNC(C)c1ccccn1. The minimum atomic E-state index is 0.234. The minimum absolute atomic E-state index is 0.234. The molecule has 4 heteroatoms.